The molecule has 0 fully saturated rings. The van der Waals surface area contributed by atoms with Crippen molar-refractivity contribution in [1.29, 1.82) is 5.26 Å². The molecule has 0 radical (unpaired) electrons. The molecule has 0 aliphatic rings. The van der Waals surface area contributed by atoms with Crippen molar-refractivity contribution in [2.45, 2.75) is 32.2 Å². The third-order valence-electron chi connectivity index (χ3n) is 4.30. The Morgan fingerprint density at radius 3 is 2.33 bits per heavy atom. The number of hydrogen-bond donors (Lipinski definition) is 2. The van der Waals surface area contributed by atoms with Crippen LogP contribution in [0.15, 0.2) is 54.9 Å². The van der Waals surface area contributed by atoms with Gasteiger partial charge in [0.05, 0.1) is 12.5 Å². The van der Waals surface area contributed by atoms with Crippen LogP contribution in [0.2, 0.25) is 0 Å². The molecule has 0 aliphatic heterocycles. The molecule has 0 aliphatic carbocycles. The summed E-state index contributed by atoms with van der Waals surface area (Å²) >= 11 is 0. The summed E-state index contributed by atoms with van der Waals surface area (Å²) in [6.07, 6.45) is 3.72. The fraction of sp³-hybridized carbons (Fsp3) is 0.318. The van der Waals surface area contributed by atoms with Crippen LogP contribution in [-0.2, 0) is 20.9 Å². The first kappa shape index (κ1) is 22.6. The molecule has 3 amide bonds. The summed E-state index contributed by atoms with van der Waals surface area (Å²) < 4.78 is 0. The number of amides is 3. The average Bonchev–Trinajstić information content (AvgIpc) is 2.78. The minimum atomic E-state index is -0.293. The lowest BCUT2D eigenvalue weighted by atomic mass is 10.2. The summed E-state index contributed by atoms with van der Waals surface area (Å²) in [5.41, 5.74) is 1.64. The second-order valence-corrected chi connectivity index (χ2v) is 6.52. The number of nitrogens with zero attached hydrogens (tertiary/aromatic N) is 3. The maximum absolute atomic E-state index is 12.5. The van der Waals surface area contributed by atoms with E-state index in [9.17, 15) is 14.4 Å². The normalized spacial score (nSPS) is 9.97. The highest BCUT2D eigenvalue weighted by Gasteiger charge is 2.16. The number of pyridine rings is 1. The Morgan fingerprint density at radius 2 is 1.63 bits per heavy atom. The topological polar surface area (TPSA) is 115 Å². The Kier molecular flexibility index (Phi) is 9.53. The van der Waals surface area contributed by atoms with Gasteiger partial charge in [-0.05, 0) is 29.8 Å². The lowest BCUT2D eigenvalue weighted by molar-refractivity contribution is -0.125. The molecule has 30 heavy (non-hydrogen) atoms. The maximum Gasteiger partial charge on any atom is 0.227 e. The Bertz CT molecular complexity index is 865. The molecular weight excluding hydrogens is 382 g/mol. The molecule has 0 saturated carbocycles. The lowest BCUT2D eigenvalue weighted by Crippen LogP contribution is -2.34. The van der Waals surface area contributed by atoms with Crippen LogP contribution in [0.1, 0.15) is 31.2 Å². The number of benzene rings is 1. The zero-order chi connectivity index (χ0) is 21.6. The number of aromatic nitrogens is 1. The molecule has 0 spiro atoms. The van der Waals surface area contributed by atoms with E-state index in [0.717, 1.165) is 5.56 Å². The molecule has 1 aromatic carbocycles. The smallest absolute Gasteiger partial charge is 0.227 e. The molecule has 1 heterocycles. The van der Waals surface area contributed by atoms with E-state index < -0.39 is 0 Å². The second-order valence-electron chi connectivity index (χ2n) is 6.52. The van der Waals surface area contributed by atoms with E-state index >= 15 is 0 Å². The fourth-order valence-corrected chi connectivity index (χ4v) is 2.72. The van der Waals surface area contributed by atoms with Gasteiger partial charge in [0.25, 0.3) is 0 Å². The van der Waals surface area contributed by atoms with Gasteiger partial charge in [-0.1, -0.05) is 18.2 Å². The number of nitriles is 1. The van der Waals surface area contributed by atoms with Crippen molar-refractivity contribution in [3.05, 3.63) is 60.4 Å². The van der Waals surface area contributed by atoms with Gasteiger partial charge in [0.2, 0.25) is 17.7 Å². The Morgan fingerprint density at radius 1 is 0.933 bits per heavy atom. The van der Waals surface area contributed by atoms with Crippen molar-refractivity contribution in [1.82, 2.24) is 15.6 Å². The van der Waals surface area contributed by atoms with Crippen LogP contribution in [0.3, 0.4) is 0 Å². The predicted octanol–water partition coefficient (Wildman–Crippen LogP) is 1.93. The molecular formula is C22H25N5O3. The number of rotatable bonds is 11. The van der Waals surface area contributed by atoms with Crippen molar-refractivity contribution < 1.29 is 14.4 Å². The third kappa shape index (κ3) is 8.10. The fourth-order valence-electron chi connectivity index (χ4n) is 2.72. The summed E-state index contributed by atoms with van der Waals surface area (Å²) in [5.74, 6) is -0.685. The van der Waals surface area contributed by atoms with Gasteiger partial charge in [0.15, 0.2) is 0 Å². The highest BCUT2D eigenvalue weighted by molar-refractivity contribution is 5.95. The van der Waals surface area contributed by atoms with Gasteiger partial charge in [0.1, 0.15) is 0 Å². The Labute approximate surface area is 175 Å². The summed E-state index contributed by atoms with van der Waals surface area (Å²) in [6.45, 7) is 0.881. The molecule has 8 nitrogen and oxygen atoms in total. The standard InChI is InChI=1S/C22H25N5O3/c23-12-4-16-27(19-5-2-1-3-6-19)22(30)8-7-20(28)25-15-11-21(29)26-17-18-9-13-24-14-10-18/h1-3,5-6,9-10,13-14H,4,7-8,11,15-17H2,(H,25,28)(H,26,29). The van der Waals surface area contributed by atoms with Gasteiger partial charge in [-0.25, -0.2) is 0 Å². The van der Waals surface area contributed by atoms with Gasteiger partial charge in [0, 0.05) is 57.0 Å². The van der Waals surface area contributed by atoms with Crippen LogP contribution >= 0.6 is 0 Å². The zero-order valence-electron chi connectivity index (χ0n) is 16.7. The molecule has 8 heteroatoms. The zero-order valence-corrected chi connectivity index (χ0v) is 16.7. The molecule has 156 valence electrons. The first-order valence-corrected chi connectivity index (χ1v) is 9.75. The molecule has 0 saturated heterocycles. The van der Waals surface area contributed by atoms with Gasteiger partial charge >= 0.3 is 0 Å². The first-order chi connectivity index (χ1) is 14.6. The number of nitrogens with one attached hydrogen (secondary N) is 2. The molecule has 0 unspecified atom stereocenters. The van der Waals surface area contributed by atoms with E-state index in [2.05, 4.69) is 15.6 Å². The number of para-hydroxylation sites is 1. The van der Waals surface area contributed by atoms with Crippen LogP contribution in [0.5, 0.6) is 0 Å². The van der Waals surface area contributed by atoms with Gasteiger partial charge in [-0.3, -0.25) is 19.4 Å². The second kappa shape index (κ2) is 12.7. The van der Waals surface area contributed by atoms with E-state index in [1.165, 1.54) is 4.90 Å². The molecule has 2 aromatic rings. The average molecular weight is 407 g/mol. The van der Waals surface area contributed by atoms with Gasteiger partial charge in [-0.2, -0.15) is 5.26 Å². The van der Waals surface area contributed by atoms with E-state index in [1.807, 2.05) is 36.4 Å². The molecule has 0 atom stereocenters. The van der Waals surface area contributed by atoms with Crippen molar-refractivity contribution >= 4 is 23.4 Å². The Balaban J connectivity index is 1.69. The first-order valence-electron chi connectivity index (χ1n) is 9.75. The van der Waals surface area contributed by atoms with Crippen LogP contribution < -0.4 is 15.5 Å². The van der Waals surface area contributed by atoms with Crippen molar-refractivity contribution in [2.75, 3.05) is 18.0 Å². The number of carbonyl (C=O) groups is 3. The van der Waals surface area contributed by atoms with Crippen LogP contribution in [0, 0.1) is 11.3 Å². The van der Waals surface area contributed by atoms with Crippen molar-refractivity contribution in [3.8, 4) is 6.07 Å². The Hall–Kier alpha value is -3.73. The van der Waals surface area contributed by atoms with Crippen molar-refractivity contribution in [2.24, 2.45) is 0 Å². The summed E-state index contributed by atoms with van der Waals surface area (Å²) in [4.78, 5) is 41.8. The van der Waals surface area contributed by atoms with Gasteiger partial charge < -0.3 is 15.5 Å². The number of anilines is 1. The quantitative estimate of drug-likeness (QED) is 0.591. The molecule has 1 aromatic heterocycles. The monoisotopic (exact) mass is 407 g/mol. The summed E-state index contributed by atoms with van der Waals surface area (Å²) in [5, 5.41) is 14.2. The maximum atomic E-state index is 12.5. The SMILES string of the molecule is N#CCCN(C(=O)CCC(=O)NCCC(=O)NCc1ccncc1)c1ccccc1. The minimum Gasteiger partial charge on any atom is -0.356 e. The van der Waals surface area contributed by atoms with E-state index in [-0.39, 0.29) is 56.5 Å². The third-order valence-corrected chi connectivity index (χ3v) is 4.30. The predicted molar refractivity (Wildman–Crippen MR) is 112 cm³/mol. The van der Waals surface area contributed by atoms with Crippen LogP contribution in [-0.4, -0.2) is 35.8 Å². The van der Waals surface area contributed by atoms with E-state index in [0.29, 0.717) is 12.2 Å². The van der Waals surface area contributed by atoms with Gasteiger partial charge in [-0.15, -0.1) is 0 Å². The summed E-state index contributed by atoms with van der Waals surface area (Å²) in [7, 11) is 0. The number of carbonyl (C=O) groups excluding carboxylic acids is 3. The van der Waals surface area contributed by atoms with E-state index in [4.69, 9.17) is 5.26 Å². The molecule has 2 N–H and O–H groups in total. The highest BCUT2D eigenvalue weighted by Crippen LogP contribution is 2.15. The number of hydrogen-bond acceptors (Lipinski definition) is 5. The highest BCUT2D eigenvalue weighted by atomic mass is 16.2. The van der Waals surface area contributed by atoms with Crippen molar-refractivity contribution in [3.63, 3.8) is 0 Å². The largest absolute Gasteiger partial charge is 0.356 e. The summed E-state index contributed by atoms with van der Waals surface area (Å²) in [6, 6.07) is 14.7. The van der Waals surface area contributed by atoms with Crippen LogP contribution in [0.4, 0.5) is 5.69 Å². The lowest BCUT2D eigenvalue weighted by Gasteiger charge is -2.21. The minimum absolute atomic E-state index is 0.0212. The van der Waals surface area contributed by atoms with E-state index in [1.54, 1.807) is 24.5 Å². The molecule has 2 rings (SSSR count). The van der Waals surface area contributed by atoms with Crippen LogP contribution in [0.25, 0.3) is 0 Å². The molecule has 0 bridgehead atoms.